The number of rotatable bonds is 4. The second-order valence-corrected chi connectivity index (χ2v) is 11.1. The first-order valence-electron chi connectivity index (χ1n) is 5.89. The summed E-state index contributed by atoms with van der Waals surface area (Å²) in [6.07, 6.45) is -1.11. The molecular weight excluding hydrogens is 232 g/mol. The van der Waals surface area contributed by atoms with Crippen molar-refractivity contribution >= 4 is 8.07 Å². The van der Waals surface area contributed by atoms with Crippen LogP contribution >= 0.6 is 0 Å². The maximum Gasteiger partial charge on any atom is 0.148 e. The van der Waals surface area contributed by atoms with Gasteiger partial charge < -0.3 is 14.6 Å². The van der Waals surface area contributed by atoms with Crippen molar-refractivity contribution in [2.75, 3.05) is 13.9 Å². The van der Waals surface area contributed by atoms with Crippen LogP contribution < -0.4 is 0 Å². The zero-order valence-electron chi connectivity index (χ0n) is 12.1. The summed E-state index contributed by atoms with van der Waals surface area (Å²) in [5, 5.41) is 10.2. The first kappa shape index (κ1) is 16.7. The Morgan fingerprint density at radius 3 is 2.12 bits per heavy atom. The zero-order valence-corrected chi connectivity index (χ0v) is 13.1. The highest BCUT2D eigenvalue weighted by atomic mass is 28.3. The lowest BCUT2D eigenvalue weighted by Gasteiger charge is -2.30. The van der Waals surface area contributed by atoms with Crippen molar-refractivity contribution in [2.24, 2.45) is 5.41 Å². The molecule has 4 heteroatoms. The van der Waals surface area contributed by atoms with Gasteiger partial charge in [0.25, 0.3) is 0 Å². The van der Waals surface area contributed by atoms with Gasteiger partial charge in [0.1, 0.15) is 21.0 Å². The van der Waals surface area contributed by atoms with E-state index in [0.717, 1.165) is 0 Å². The normalized spacial score (nSPS) is 16.0. The molecule has 0 aliphatic heterocycles. The van der Waals surface area contributed by atoms with E-state index in [1.807, 2.05) is 20.8 Å². The van der Waals surface area contributed by atoms with Crippen molar-refractivity contribution in [2.45, 2.75) is 52.6 Å². The molecule has 0 aliphatic carbocycles. The van der Waals surface area contributed by atoms with E-state index < -0.39 is 20.3 Å². The fourth-order valence-corrected chi connectivity index (χ4v) is 1.67. The third kappa shape index (κ3) is 7.56. The number of hydrogen-bond acceptors (Lipinski definition) is 3. The minimum atomic E-state index is -1.46. The quantitative estimate of drug-likeness (QED) is 0.477. The van der Waals surface area contributed by atoms with Gasteiger partial charge in [0.15, 0.2) is 0 Å². The van der Waals surface area contributed by atoms with E-state index in [0.29, 0.717) is 0 Å². The Hall–Kier alpha value is -0.343. The molecule has 1 N–H and O–H groups in total. The van der Waals surface area contributed by atoms with E-state index in [9.17, 15) is 5.11 Å². The van der Waals surface area contributed by atoms with Crippen LogP contribution in [-0.4, -0.2) is 39.3 Å². The van der Waals surface area contributed by atoms with Gasteiger partial charge in [-0.25, -0.2) is 0 Å². The molecular formula is C13H26O3Si. The highest BCUT2D eigenvalue weighted by Gasteiger charge is 2.30. The fraction of sp³-hybridized carbons (Fsp3) is 0.846. The molecule has 0 bridgehead atoms. The summed E-state index contributed by atoms with van der Waals surface area (Å²) < 4.78 is 10.3. The Kier molecular flexibility index (Phi) is 6.42. The molecule has 0 fully saturated rings. The van der Waals surface area contributed by atoms with Gasteiger partial charge >= 0.3 is 0 Å². The lowest BCUT2D eigenvalue weighted by Crippen LogP contribution is -2.39. The van der Waals surface area contributed by atoms with Crippen LogP contribution in [0.2, 0.25) is 19.6 Å². The highest BCUT2D eigenvalue weighted by Crippen LogP contribution is 2.23. The third-order valence-electron chi connectivity index (χ3n) is 2.13. The standard InChI is InChI=1S/C13H26O3Si/c1-13(2,3)12(14)11(16-10-15-4)8-9-17(5,6)7/h11-12,14H,10H2,1-7H3/t11-,12+/m1/s1. The topological polar surface area (TPSA) is 38.7 Å². The Balaban J connectivity index is 4.81. The Morgan fingerprint density at radius 1 is 1.24 bits per heavy atom. The molecule has 0 unspecified atom stereocenters. The molecule has 0 spiro atoms. The second kappa shape index (κ2) is 6.55. The van der Waals surface area contributed by atoms with E-state index >= 15 is 0 Å². The van der Waals surface area contributed by atoms with E-state index in [2.05, 4.69) is 31.1 Å². The lowest BCUT2D eigenvalue weighted by atomic mass is 9.86. The van der Waals surface area contributed by atoms with Crippen LogP contribution in [0.25, 0.3) is 0 Å². The van der Waals surface area contributed by atoms with Crippen LogP contribution in [0.15, 0.2) is 0 Å². The van der Waals surface area contributed by atoms with Crippen molar-refractivity contribution in [1.82, 2.24) is 0 Å². The molecule has 0 heterocycles. The molecule has 17 heavy (non-hydrogen) atoms. The van der Waals surface area contributed by atoms with Crippen molar-refractivity contribution in [3.8, 4) is 11.5 Å². The van der Waals surface area contributed by atoms with Gasteiger partial charge in [0.2, 0.25) is 0 Å². The maximum atomic E-state index is 10.2. The predicted molar refractivity (Wildman–Crippen MR) is 73.3 cm³/mol. The molecule has 0 saturated carbocycles. The average Bonchev–Trinajstić information content (AvgIpc) is 2.14. The minimum absolute atomic E-state index is 0.151. The van der Waals surface area contributed by atoms with E-state index in [1.165, 1.54) is 0 Å². The average molecular weight is 258 g/mol. The van der Waals surface area contributed by atoms with Crippen molar-refractivity contribution in [3.63, 3.8) is 0 Å². The smallest absolute Gasteiger partial charge is 0.148 e. The molecule has 0 radical (unpaired) electrons. The van der Waals surface area contributed by atoms with Gasteiger partial charge in [-0.15, -0.1) is 5.54 Å². The van der Waals surface area contributed by atoms with Gasteiger partial charge in [0.05, 0.1) is 6.10 Å². The summed E-state index contributed by atoms with van der Waals surface area (Å²) in [5.41, 5.74) is 2.97. The molecule has 0 aliphatic rings. The van der Waals surface area contributed by atoms with Crippen LogP contribution in [0.1, 0.15) is 20.8 Å². The monoisotopic (exact) mass is 258 g/mol. The molecule has 0 saturated heterocycles. The number of hydrogen-bond donors (Lipinski definition) is 1. The Labute approximate surface area is 107 Å². The number of aliphatic hydroxyl groups excluding tert-OH is 1. The summed E-state index contributed by atoms with van der Waals surface area (Å²) in [5.74, 6) is 3.06. The second-order valence-electron chi connectivity index (χ2n) is 6.32. The van der Waals surface area contributed by atoms with Gasteiger partial charge in [0, 0.05) is 7.11 Å². The van der Waals surface area contributed by atoms with Crippen molar-refractivity contribution < 1.29 is 14.6 Å². The SMILES string of the molecule is COCO[C@H](C#C[Si](C)(C)C)[C@H](O)C(C)(C)C. The number of methoxy groups -OCH3 is 1. The molecule has 0 aromatic rings. The van der Waals surface area contributed by atoms with Crippen LogP contribution in [0.5, 0.6) is 0 Å². The maximum absolute atomic E-state index is 10.2. The molecule has 0 rings (SSSR count). The van der Waals surface area contributed by atoms with Gasteiger partial charge in [-0.3, -0.25) is 0 Å². The van der Waals surface area contributed by atoms with E-state index in [-0.39, 0.29) is 12.2 Å². The summed E-state index contributed by atoms with van der Waals surface area (Å²) in [6.45, 7) is 12.5. The van der Waals surface area contributed by atoms with Crippen LogP contribution in [0, 0.1) is 16.9 Å². The van der Waals surface area contributed by atoms with Crippen LogP contribution in [0.3, 0.4) is 0 Å². The molecule has 0 aromatic carbocycles. The fourth-order valence-electron chi connectivity index (χ4n) is 1.09. The van der Waals surface area contributed by atoms with E-state index in [4.69, 9.17) is 9.47 Å². The molecule has 0 aromatic heterocycles. The summed E-state index contributed by atoms with van der Waals surface area (Å²) >= 11 is 0. The van der Waals surface area contributed by atoms with Gasteiger partial charge in [-0.05, 0) is 5.41 Å². The number of ether oxygens (including phenoxy) is 2. The lowest BCUT2D eigenvalue weighted by molar-refractivity contribution is -0.113. The third-order valence-corrected chi connectivity index (χ3v) is 3.02. The predicted octanol–water partition coefficient (Wildman–Crippen LogP) is 2.26. The molecule has 0 amide bonds. The Bertz CT molecular complexity index is 278. The number of aliphatic hydroxyl groups is 1. The molecule has 3 nitrogen and oxygen atoms in total. The first-order chi connectivity index (χ1) is 7.58. The molecule has 100 valence electrons. The first-order valence-corrected chi connectivity index (χ1v) is 9.39. The van der Waals surface area contributed by atoms with Crippen LogP contribution in [0.4, 0.5) is 0 Å². The van der Waals surface area contributed by atoms with Crippen molar-refractivity contribution in [3.05, 3.63) is 0 Å². The van der Waals surface area contributed by atoms with Crippen LogP contribution in [-0.2, 0) is 9.47 Å². The minimum Gasteiger partial charge on any atom is -0.389 e. The summed E-state index contributed by atoms with van der Waals surface area (Å²) in [4.78, 5) is 0. The summed E-state index contributed by atoms with van der Waals surface area (Å²) in [7, 11) is 0.105. The van der Waals surface area contributed by atoms with E-state index in [1.54, 1.807) is 7.11 Å². The molecule has 2 atom stereocenters. The Morgan fingerprint density at radius 2 is 1.76 bits per heavy atom. The summed E-state index contributed by atoms with van der Waals surface area (Å²) in [6, 6.07) is 0. The zero-order chi connectivity index (χ0) is 13.7. The van der Waals surface area contributed by atoms with Crippen molar-refractivity contribution in [1.29, 1.82) is 0 Å². The highest BCUT2D eigenvalue weighted by molar-refractivity contribution is 6.83. The van der Waals surface area contributed by atoms with Gasteiger partial charge in [-0.1, -0.05) is 46.3 Å². The largest absolute Gasteiger partial charge is 0.389 e. The van der Waals surface area contributed by atoms with Gasteiger partial charge in [-0.2, -0.15) is 0 Å².